The van der Waals surface area contributed by atoms with Gasteiger partial charge in [-0.2, -0.15) is 0 Å². The number of nitrogens with zero attached hydrogens (tertiary/aromatic N) is 3. The Bertz CT molecular complexity index is 792. The van der Waals surface area contributed by atoms with Crippen LogP contribution < -0.4 is 10.6 Å². The van der Waals surface area contributed by atoms with Crippen LogP contribution in [0.5, 0.6) is 0 Å². The summed E-state index contributed by atoms with van der Waals surface area (Å²) >= 11 is 0. The zero-order valence-corrected chi connectivity index (χ0v) is 15.9. The molecule has 1 aliphatic heterocycles. The van der Waals surface area contributed by atoms with E-state index in [9.17, 15) is 9.59 Å². The molecule has 156 valence electrons. The number of aromatic nitrogens is 2. The lowest BCUT2D eigenvalue weighted by atomic mass is 9.97. The molecule has 1 fully saturated rings. The monoisotopic (exact) mass is 399 g/mol. The molecule has 0 radical (unpaired) electrons. The van der Waals surface area contributed by atoms with Crippen LogP contribution in [-0.2, 0) is 11.3 Å². The second kappa shape index (κ2) is 11.0. The maximum absolute atomic E-state index is 12.2. The minimum atomic E-state index is -0.285. The summed E-state index contributed by atoms with van der Waals surface area (Å²) in [5.41, 5.74) is 1.31. The number of hydrogen-bond donors (Lipinski definition) is 2. The second-order valence-corrected chi connectivity index (χ2v) is 6.70. The number of likely N-dealkylation sites (tertiary alicyclic amines) is 1. The van der Waals surface area contributed by atoms with Gasteiger partial charge in [-0.15, -0.1) is 0 Å². The number of anilines is 1. The molecule has 0 atom stereocenters. The molecule has 3 rings (SSSR count). The number of ether oxygens (including phenoxy) is 1. The molecular formula is C21H29N5O3. The van der Waals surface area contributed by atoms with Crippen molar-refractivity contribution >= 4 is 17.9 Å². The number of hydrogen-bond acceptors (Lipinski definition) is 6. The Morgan fingerprint density at radius 1 is 1.17 bits per heavy atom. The van der Waals surface area contributed by atoms with Gasteiger partial charge in [-0.05, 0) is 30.4 Å². The van der Waals surface area contributed by atoms with E-state index >= 15 is 0 Å². The molecule has 2 N–H and O–H groups in total. The van der Waals surface area contributed by atoms with Gasteiger partial charge in [0.1, 0.15) is 12.3 Å². The number of nitrogens with one attached hydrogen (secondary N) is 2. The Kier molecular flexibility index (Phi) is 8.39. The summed E-state index contributed by atoms with van der Waals surface area (Å²) < 4.78 is 5.38. The molecule has 1 saturated heterocycles. The Hall–Kier alpha value is -3.16. The molecule has 8 heteroatoms. The van der Waals surface area contributed by atoms with E-state index < -0.39 is 0 Å². The molecule has 0 unspecified atom stereocenters. The summed E-state index contributed by atoms with van der Waals surface area (Å²) in [4.78, 5) is 34.3. The maximum atomic E-state index is 12.2. The molecule has 0 bridgehead atoms. The first-order valence-electron chi connectivity index (χ1n) is 9.40. The third-order valence-electron chi connectivity index (χ3n) is 4.74. The smallest absolute Gasteiger partial charge is 0.410 e. The van der Waals surface area contributed by atoms with E-state index in [0.717, 1.165) is 18.4 Å². The maximum Gasteiger partial charge on any atom is 0.410 e. The van der Waals surface area contributed by atoms with Gasteiger partial charge >= 0.3 is 6.09 Å². The van der Waals surface area contributed by atoms with Crippen molar-refractivity contribution < 1.29 is 14.3 Å². The molecule has 0 saturated carbocycles. The molecule has 8 nitrogen and oxygen atoms in total. The van der Waals surface area contributed by atoms with Crippen molar-refractivity contribution in [2.24, 2.45) is 5.92 Å². The van der Waals surface area contributed by atoms with E-state index in [2.05, 4.69) is 20.6 Å². The fourth-order valence-electron chi connectivity index (χ4n) is 3.06. The van der Waals surface area contributed by atoms with Crippen molar-refractivity contribution in [2.45, 2.75) is 26.9 Å². The fraction of sp³-hybridized carbons (Fsp3) is 0.429. The van der Waals surface area contributed by atoms with Gasteiger partial charge in [0.25, 0.3) is 5.91 Å². The zero-order chi connectivity index (χ0) is 19.8. The van der Waals surface area contributed by atoms with Crippen molar-refractivity contribution in [3.63, 3.8) is 0 Å². The molecule has 29 heavy (non-hydrogen) atoms. The predicted octanol–water partition coefficient (Wildman–Crippen LogP) is 2.93. The van der Waals surface area contributed by atoms with Gasteiger partial charge in [0.2, 0.25) is 5.95 Å². The molecule has 1 aromatic heterocycles. The Morgan fingerprint density at radius 2 is 1.90 bits per heavy atom. The van der Waals surface area contributed by atoms with Crippen molar-refractivity contribution in [1.29, 1.82) is 0 Å². The number of piperidine rings is 1. The van der Waals surface area contributed by atoms with Crippen LogP contribution in [0.3, 0.4) is 0 Å². The lowest BCUT2D eigenvalue weighted by Gasteiger charge is -2.31. The van der Waals surface area contributed by atoms with Gasteiger partial charge in [-0.3, -0.25) is 4.79 Å². The van der Waals surface area contributed by atoms with Crippen LogP contribution in [0, 0.1) is 5.92 Å². The number of benzene rings is 1. The molecular weight excluding hydrogens is 370 g/mol. The Labute approximate surface area is 171 Å². The van der Waals surface area contributed by atoms with E-state index in [-0.39, 0.29) is 26.0 Å². The van der Waals surface area contributed by atoms with Crippen LogP contribution in [0.25, 0.3) is 0 Å². The molecule has 1 aliphatic rings. The Morgan fingerprint density at radius 3 is 2.59 bits per heavy atom. The number of amides is 2. The van der Waals surface area contributed by atoms with Gasteiger partial charge in [0, 0.05) is 32.9 Å². The summed E-state index contributed by atoms with van der Waals surface area (Å²) in [6.07, 6.45) is 2.91. The first-order chi connectivity index (χ1) is 13.7. The van der Waals surface area contributed by atoms with Crippen LogP contribution in [-0.4, -0.2) is 53.6 Å². The molecule has 2 heterocycles. The highest BCUT2D eigenvalue weighted by Gasteiger charge is 2.24. The SMILES string of the molecule is C.CNc1nccc(C(=O)NCC2CCN(C(=O)OCc3ccccc3)CC2)n1. The quantitative estimate of drug-likeness (QED) is 0.775. The van der Waals surface area contributed by atoms with Gasteiger partial charge in [0.05, 0.1) is 0 Å². The lowest BCUT2D eigenvalue weighted by Crippen LogP contribution is -2.41. The normalized spacial score (nSPS) is 13.9. The van der Waals surface area contributed by atoms with Gasteiger partial charge in [-0.1, -0.05) is 37.8 Å². The minimum Gasteiger partial charge on any atom is -0.445 e. The molecule has 1 aromatic carbocycles. The highest BCUT2D eigenvalue weighted by Crippen LogP contribution is 2.17. The predicted molar refractivity (Wildman–Crippen MR) is 112 cm³/mol. The molecule has 0 aliphatic carbocycles. The summed E-state index contributed by atoms with van der Waals surface area (Å²) in [5, 5.41) is 5.73. The van der Waals surface area contributed by atoms with E-state index in [0.29, 0.717) is 37.2 Å². The highest BCUT2D eigenvalue weighted by atomic mass is 16.6. The summed E-state index contributed by atoms with van der Waals surface area (Å²) in [5.74, 6) is 0.520. The van der Waals surface area contributed by atoms with E-state index in [4.69, 9.17) is 4.74 Å². The molecule has 2 aromatic rings. The van der Waals surface area contributed by atoms with Crippen LogP contribution in [0.1, 0.15) is 36.3 Å². The summed E-state index contributed by atoms with van der Waals surface area (Å²) in [7, 11) is 1.70. The third kappa shape index (κ3) is 6.44. The van der Waals surface area contributed by atoms with Crippen LogP contribution >= 0.6 is 0 Å². The molecule has 0 spiro atoms. The van der Waals surface area contributed by atoms with Crippen molar-refractivity contribution in [2.75, 3.05) is 32.0 Å². The van der Waals surface area contributed by atoms with E-state index in [1.54, 1.807) is 24.2 Å². The average Bonchev–Trinajstić information content (AvgIpc) is 2.77. The number of carbonyl (C=O) groups excluding carboxylic acids is 2. The van der Waals surface area contributed by atoms with Gasteiger partial charge in [0.15, 0.2) is 0 Å². The van der Waals surface area contributed by atoms with E-state index in [1.807, 2.05) is 30.3 Å². The van der Waals surface area contributed by atoms with Crippen LogP contribution in [0.15, 0.2) is 42.6 Å². The largest absolute Gasteiger partial charge is 0.445 e. The standard InChI is InChI=1S/C20H25N5O3.CH4/c1-21-19-22-10-7-17(24-19)18(26)23-13-15-8-11-25(12-9-15)20(27)28-14-16-5-3-2-4-6-16;/h2-7,10,15H,8-9,11-14H2,1H3,(H,23,26)(H,21,22,24);1H4. The van der Waals surface area contributed by atoms with Gasteiger partial charge < -0.3 is 20.3 Å². The fourth-order valence-corrected chi connectivity index (χ4v) is 3.06. The summed E-state index contributed by atoms with van der Waals surface area (Å²) in [6, 6.07) is 11.2. The van der Waals surface area contributed by atoms with Crippen molar-refractivity contribution in [1.82, 2.24) is 20.2 Å². The zero-order valence-electron chi connectivity index (χ0n) is 15.9. The van der Waals surface area contributed by atoms with Crippen LogP contribution in [0.4, 0.5) is 10.7 Å². The second-order valence-electron chi connectivity index (χ2n) is 6.70. The third-order valence-corrected chi connectivity index (χ3v) is 4.74. The van der Waals surface area contributed by atoms with E-state index in [1.165, 1.54) is 0 Å². The number of carbonyl (C=O) groups is 2. The van der Waals surface area contributed by atoms with Crippen molar-refractivity contribution in [3.05, 3.63) is 53.9 Å². The van der Waals surface area contributed by atoms with Gasteiger partial charge in [-0.25, -0.2) is 14.8 Å². The molecule has 2 amide bonds. The topological polar surface area (TPSA) is 96.5 Å². The highest BCUT2D eigenvalue weighted by molar-refractivity contribution is 5.92. The number of rotatable bonds is 6. The first-order valence-corrected chi connectivity index (χ1v) is 9.40. The van der Waals surface area contributed by atoms with Crippen LogP contribution in [0.2, 0.25) is 0 Å². The summed E-state index contributed by atoms with van der Waals surface area (Å²) in [6.45, 7) is 2.10. The Balaban J connectivity index is 0.00000300. The van der Waals surface area contributed by atoms with Crippen molar-refractivity contribution in [3.8, 4) is 0 Å². The first kappa shape index (κ1) is 22.1. The lowest BCUT2D eigenvalue weighted by molar-refractivity contribution is 0.0800. The average molecular weight is 399 g/mol. The minimum absolute atomic E-state index is 0.